The van der Waals surface area contributed by atoms with E-state index in [-0.39, 0.29) is 5.69 Å². The molecule has 0 aliphatic carbocycles. The molecule has 1 heterocycles. The van der Waals surface area contributed by atoms with Crippen LogP contribution in [-0.2, 0) is 0 Å². The van der Waals surface area contributed by atoms with Gasteiger partial charge in [-0.2, -0.15) is 5.10 Å². The molecule has 0 radical (unpaired) electrons. The Balaban J connectivity index is 2.76. The molecule has 0 spiro atoms. The highest BCUT2D eigenvalue weighted by molar-refractivity contribution is 9.10. The zero-order valence-electron chi connectivity index (χ0n) is 6.37. The fourth-order valence-corrected chi connectivity index (χ4v) is 1.51. The zero-order chi connectivity index (χ0) is 9.42. The molecule has 0 amide bonds. The van der Waals surface area contributed by atoms with Crippen molar-refractivity contribution in [3.05, 3.63) is 28.4 Å². The lowest BCUT2D eigenvalue weighted by molar-refractivity contribution is -0.255. The number of fused-ring (bicyclic) bond motifs is 1. The number of carbonyl (C=O) groups is 1. The van der Waals surface area contributed by atoms with Crippen LogP contribution >= 0.6 is 15.9 Å². The summed E-state index contributed by atoms with van der Waals surface area (Å²) in [7, 11) is 0. The number of carboxylic acid groups (broad SMARTS) is 1. The molecule has 0 bridgehead atoms. The Kier molecular flexibility index (Phi) is 1.81. The van der Waals surface area contributed by atoms with Crippen molar-refractivity contribution in [1.29, 1.82) is 0 Å². The summed E-state index contributed by atoms with van der Waals surface area (Å²) in [4.78, 5) is 10.6. The molecule has 5 heteroatoms. The molecule has 0 atom stereocenters. The molecule has 0 saturated carbocycles. The number of nitrogens with zero attached hydrogens (tertiary/aromatic N) is 1. The van der Waals surface area contributed by atoms with E-state index in [0.717, 1.165) is 4.47 Å². The van der Waals surface area contributed by atoms with E-state index in [1.54, 1.807) is 18.2 Å². The summed E-state index contributed by atoms with van der Waals surface area (Å²) >= 11 is 3.27. The van der Waals surface area contributed by atoms with Crippen molar-refractivity contribution in [2.24, 2.45) is 0 Å². The molecule has 4 nitrogen and oxygen atoms in total. The lowest BCUT2D eigenvalue weighted by atomic mass is 10.2. The van der Waals surface area contributed by atoms with Crippen LogP contribution in [0, 0.1) is 0 Å². The third-order valence-corrected chi connectivity index (χ3v) is 2.21. The maximum Gasteiger partial charge on any atom is 0.115 e. The minimum absolute atomic E-state index is 0.0532. The van der Waals surface area contributed by atoms with E-state index in [9.17, 15) is 9.90 Å². The van der Waals surface area contributed by atoms with Crippen LogP contribution in [0.4, 0.5) is 0 Å². The number of aromatic nitrogens is 2. The Morgan fingerprint density at radius 1 is 1.54 bits per heavy atom. The lowest BCUT2D eigenvalue weighted by Gasteiger charge is -1.96. The number of hydrogen-bond acceptors (Lipinski definition) is 3. The SMILES string of the molecule is O=C([O-])c1n[nH]c2cc(Br)ccc12. The first-order valence-electron chi connectivity index (χ1n) is 3.53. The quantitative estimate of drug-likeness (QED) is 0.797. The molecule has 0 aliphatic rings. The van der Waals surface area contributed by atoms with E-state index in [1.807, 2.05) is 0 Å². The van der Waals surface area contributed by atoms with Crippen LogP contribution in [0.1, 0.15) is 10.5 Å². The molecule has 66 valence electrons. The van der Waals surface area contributed by atoms with Gasteiger partial charge in [0.1, 0.15) is 5.69 Å². The summed E-state index contributed by atoms with van der Waals surface area (Å²) in [5.41, 5.74) is 0.621. The maximum absolute atomic E-state index is 10.6. The van der Waals surface area contributed by atoms with E-state index >= 15 is 0 Å². The van der Waals surface area contributed by atoms with E-state index in [0.29, 0.717) is 10.9 Å². The first kappa shape index (κ1) is 8.25. The van der Waals surface area contributed by atoms with Crippen molar-refractivity contribution in [2.45, 2.75) is 0 Å². The second-order valence-corrected chi connectivity index (χ2v) is 3.47. The normalized spacial score (nSPS) is 10.5. The zero-order valence-corrected chi connectivity index (χ0v) is 7.96. The number of H-pyrrole nitrogens is 1. The number of aromatic carboxylic acids is 1. The second kappa shape index (κ2) is 2.85. The average Bonchev–Trinajstić information content (AvgIpc) is 2.46. The van der Waals surface area contributed by atoms with Crippen LogP contribution in [0.3, 0.4) is 0 Å². The van der Waals surface area contributed by atoms with Crippen LogP contribution in [0.2, 0.25) is 0 Å². The Morgan fingerprint density at radius 2 is 2.31 bits per heavy atom. The molecule has 0 saturated heterocycles. The number of benzene rings is 1. The van der Waals surface area contributed by atoms with Gasteiger partial charge < -0.3 is 9.90 Å². The number of carbonyl (C=O) groups excluding carboxylic acids is 1. The first-order chi connectivity index (χ1) is 6.18. The standard InChI is InChI=1S/C8H5BrN2O2/c9-4-1-2-5-6(3-4)10-11-7(5)8(12)13/h1-3H,(H,10,11)(H,12,13)/p-1. The molecule has 1 aromatic heterocycles. The van der Waals surface area contributed by atoms with Crippen molar-refractivity contribution < 1.29 is 9.90 Å². The Morgan fingerprint density at radius 3 is 3.00 bits per heavy atom. The van der Waals surface area contributed by atoms with Gasteiger partial charge >= 0.3 is 0 Å². The number of rotatable bonds is 1. The predicted octanol–water partition coefficient (Wildman–Crippen LogP) is 0.689. The number of aromatic amines is 1. The lowest BCUT2D eigenvalue weighted by Crippen LogP contribution is -2.22. The largest absolute Gasteiger partial charge is 0.543 e. The van der Waals surface area contributed by atoms with Crippen LogP contribution in [-0.4, -0.2) is 16.2 Å². The van der Waals surface area contributed by atoms with Gasteiger partial charge in [0.2, 0.25) is 0 Å². The van der Waals surface area contributed by atoms with Gasteiger partial charge in [0.05, 0.1) is 11.5 Å². The van der Waals surface area contributed by atoms with E-state index < -0.39 is 5.97 Å². The number of carboxylic acids is 1. The van der Waals surface area contributed by atoms with Crippen LogP contribution < -0.4 is 5.11 Å². The van der Waals surface area contributed by atoms with Crippen molar-refractivity contribution in [3.63, 3.8) is 0 Å². The third kappa shape index (κ3) is 1.31. The Labute approximate surface area is 81.7 Å². The molecule has 1 N–H and O–H groups in total. The summed E-state index contributed by atoms with van der Waals surface area (Å²) in [5.74, 6) is -1.27. The number of nitrogens with one attached hydrogen (secondary N) is 1. The molecule has 13 heavy (non-hydrogen) atoms. The fourth-order valence-electron chi connectivity index (χ4n) is 1.15. The highest BCUT2D eigenvalue weighted by Gasteiger charge is 2.05. The van der Waals surface area contributed by atoms with Gasteiger partial charge in [0, 0.05) is 9.86 Å². The summed E-state index contributed by atoms with van der Waals surface area (Å²) in [6.45, 7) is 0. The van der Waals surface area contributed by atoms with Crippen LogP contribution in [0.5, 0.6) is 0 Å². The van der Waals surface area contributed by atoms with Gasteiger partial charge in [-0.05, 0) is 18.2 Å². The topological polar surface area (TPSA) is 68.8 Å². The summed E-state index contributed by atoms with van der Waals surface area (Å²) in [6, 6.07) is 5.19. The van der Waals surface area contributed by atoms with Crippen LogP contribution in [0.25, 0.3) is 10.9 Å². The predicted molar refractivity (Wildman–Crippen MR) is 48.1 cm³/mol. The first-order valence-corrected chi connectivity index (χ1v) is 4.33. The molecule has 0 fully saturated rings. The van der Waals surface area contributed by atoms with Gasteiger partial charge in [0.15, 0.2) is 0 Å². The number of hydrogen-bond donors (Lipinski definition) is 1. The van der Waals surface area contributed by atoms with Crippen molar-refractivity contribution in [2.75, 3.05) is 0 Å². The smallest absolute Gasteiger partial charge is 0.115 e. The van der Waals surface area contributed by atoms with Gasteiger partial charge in [0.25, 0.3) is 0 Å². The van der Waals surface area contributed by atoms with E-state index in [1.165, 1.54) is 0 Å². The van der Waals surface area contributed by atoms with Gasteiger partial charge in [-0.1, -0.05) is 15.9 Å². The van der Waals surface area contributed by atoms with Crippen LogP contribution in [0.15, 0.2) is 22.7 Å². The Hall–Kier alpha value is -1.36. The van der Waals surface area contributed by atoms with Crippen molar-refractivity contribution >= 4 is 32.8 Å². The maximum atomic E-state index is 10.6. The highest BCUT2D eigenvalue weighted by Crippen LogP contribution is 2.19. The highest BCUT2D eigenvalue weighted by atomic mass is 79.9. The van der Waals surface area contributed by atoms with Gasteiger partial charge in [-0.3, -0.25) is 5.10 Å². The molecule has 0 aliphatic heterocycles. The van der Waals surface area contributed by atoms with Gasteiger partial charge in [-0.15, -0.1) is 0 Å². The molecular formula is C8H4BrN2O2-. The summed E-state index contributed by atoms with van der Waals surface area (Å²) in [6.07, 6.45) is 0. The monoisotopic (exact) mass is 239 g/mol. The van der Waals surface area contributed by atoms with E-state index in [4.69, 9.17) is 0 Å². The summed E-state index contributed by atoms with van der Waals surface area (Å²) in [5, 5.41) is 17.4. The van der Waals surface area contributed by atoms with Crippen molar-refractivity contribution in [1.82, 2.24) is 10.2 Å². The number of halogens is 1. The molecule has 0 unspecified atom stereocenters. The summed E-state index contributed by atoms with van der Waals surface area (Å²) < 4.78 is 0.869. The minimum Gasteiger partial charge on any atom is -0.543 e. The fraction of sp³-hybridized carbons (Fsp3) is 0. The van der Waals surface area contributed by atoms with Gasteiger partial charge in [-0.25, -0.2) is 0 Å². The molecular weight excluding hydrogens is 236 g/mol. The van der Waals surface area contributed by atoms with E-state index in [2.05, 4.69) is 26.1 Å². The molecule has 2 aromatic rings. The Bertz CT molecular complexity index is 478. The molecule has 2 rings (SSSR count). The third-order valence-electron chi connectivity index (χ3n) is 1.72. The second-order valence-electron chi connectivity index (χ2n) is 2.55. The molecule has 1 aromatic carbocycles. The average molecular weight is 240 g/mol. The van der Waals surface area contributed by atoms with Crippen molar-refractivity contribution in [3.8, 4) is 0 Å². The minimum atomic E-state index is -1.27.